The van der Waals surface area contributed by atoms with E-state index in [9.17, 15) is 4.79 Å². The fraction of sp³-hybridized carbons (Fsp3) is 0.103. The van der Waals surface area contributed by atoms with E-state index in [1.165, 1.54) is 22.0 Å². The molecule has 180 valence electrons. The van der Waals surface area contributed by atoms with Crippen molar-refractivity contribution in [2.45, 2.75) is 13.5 Å². The largest absolute Gasteiger partial charge is 0.490 e. The zero-order valence-corrected chi connectivity index (χ0v) is 21.8. The molecule has 1 aliphatic rings. The number of nitrogens with zero attached hydrogens (tertiary/aromatic N) is 1. The third-order valence-corrected chi connectivity index (χ3v) is 7.26. The second-order valence-electron chi connectivity index (χ2n) is 8.06. The molecule has 4 nitrogen and oxygen atoms in total. The third kappa shape index (κ3) is 5.12. The number of benzene rings is 4. The quantitative estimate of drug-likeness (QED) is 0.179. The third-order valence-electron chi connectivity index (χ3n) is 5.71. The highest BCUT2D eigenvalue weighted by Gasteiger charge is 2.33. The molecule has 0 N–H and O–H groups in total. The van der Waals surface area contributed by atoms with Crippen molar-refractivity contribution in [1.29, 1.82) is 0 Å². The number of rotatable bonds is 7. The van der Waals surface area contributed by atoms with Crippen molar-refractivity contribution in [3.63, 3.8) is 0 Å². The summed E-state index contributed by atoms with van der Waals surface area (Å²) in [4.78, 5) is 15.2. The van der Waals surface area contributed by atoms with Crippen molar-refractivity contribution in [2.24, 2.45) is 0 Å². The molecule has 0 bridgehead atoms. The van der Waals surface area contributed by atoms with E-state index in [0.29, 0.717) is 44.6 Å². The van der Waals surface area contributed by atoms with Crippen molar-refractivity contribution in [2.75, 3.05) is 11.5 Å². The Morgan fingerprint density at radius 1 is 0.944 bits per heavy atom. The molecule has 0 unspecified atom stereocenters. The lowest BCUT2D eigenvalue weighted by atomic mass is 10.1. The number of thiocarbonyl (C=S) groups is 1. The van der Waals surface area contributed by atoms with Gasteiger partial charge in [-0.25, -0.2) is 0 Å². The lowest BCUT2D eigenvalue weighted by Crippen LogP contribution is -2.27. The molecule has 7 heteroatoms. The highest BCUT2D eigenvalue weighted by Crippen LogP contribution is 2.38. The molecule has 0 aromatic heterocycles. The summed E-state index contributed by atoms with van der Waals surface area (Å²) in [5.74, 6) is 1.11. The first-order valence-electron chi connectivity index (χ1n) is 11.4. The van der Waals surface area contributed by atoms with Crippen LogP contribution < -0.4 is 14.4 Å². The van der Waals surface area contributed by atoms with Crippen LogP contribution in [-0.2, 0) is 11.4 Å². The number of halogens is 1. The fourth-order valence-electron chi connectivity index (χ4n) is 4.01. The first-order chi connectivity index (χ1) is 17.5. The van der Waals surface area contributed by atoms with Crippen molar-refractivity contribution in [3.8, 4) is 11.5 Å². The minimum atomic E-state index is -0.165. The summed E-state index contributed by atoms with van der Waals surface area (Å²) >= 11 is 12.7. The predicted octanol–water partition coefficient (Wildman–Crippen LogP) is 7.88. The van der Waals surface area contributed by atoms with Crippen molar-refractivity contribution < 1.29 is 14.3 Å². The minimum absolute atomic E-state index is 0.165. The molecule has 4 aromatic rings. The first kappa shape index (κ1) is 24.4. The van der Waals surface area contributed by atoms with E-state index in [2.05, 4.69) is 24.3 Å². The molecule has 0 saturated carbocycles. The monoisotopic (exact) mass is 531 g/mol. The van der Waals surface area contributed by atoms with Gasteiger partial charge >= 0.3 is 0 Å². The average Bonchev–Trinajstić information content (AvgIpc) is 3.16. The van der Waals surface area contributed by atoms with Gasteiger partial charge in [-0.05, 0) is 71.3 Å². The average molecular weight is 532 g/mol. The smallest absolute Gasteiger partial charge is 0.270 e. The van der Waals surface area contributed by atoms with Crippen LogP contribution in [0.15, 0.2) is 89.8 Å². The van der Waals surface area contributed by atoms with Crippen molar-refractivity contribution in [3.05, 3.63) is 106 Å². The van der Waals surface area contributed by atoms with E-state index < -0.39 is 0 Å². The summed E-state index contributed by atoms with van der Waals surface area (Å²) in [7, 11) is 0. The van der Waals surface area contributed by atoms with Gasteiger partial charge in [0.05, 0.1) is 17.2 Å². The Bertz CT molecular complexity index is 1480. The summed E-state index contributed by atoms with van der Waals surface area (Å²) in [5, 5.41) is 2.94. The fourth-order valence-corrected chi connectivity index (χ4v) is 5.43. The number of fused-ring (bicyclic) bond motifs is 1. The zero-order valence-electron chi connectivity index (χ0n) is 19.4. The Morgan fingerprint density at radius 3 is 2.53 bits per heavy atom. The van der Waals surface area contributed by atoms with Crippen LogP contribution in [0.25, 0.3) is 16.8 Å². The lowest BCUT2D eigenvalue weighted by molar-refractivity contribution is -0.113. The van der Waals surface area contributed by atoms with Crippen LogP contribution in [0.1, 0.15) is 18.1 Å². The van der Waals surface area contributed by atoms with Crippen LogP contribution in [0.2, 0.25) is 5.02 Å². The molecule has 0 spiro atoms. The number of amides is 1. The second kappa shape index (κ2) is 10.7. The number of carbonyl (C=O) groups is 1. The van der Waals surface area contributed by atoms with Gasteiger partial charge in [-0.1, -0.05) is 84.1 Å². The van der Waals surface area contributed by atoms with Gasteiger partial charge in [0.2, 0.25) is 0 Å². The zero-order chi connectivity index (χ0) is 25.1. The first-order valence-corrected chi connectivity index (χ1v) is 13.0. The summed E-state index contributed by atoms with van der Waals surface area (Å²) in [6, 6.07) is 27.2. The molecule has 0 aliphatic carbocycles. The molecular formula is C29H22ClNO3S2. The minimum Gasteiger partial charge on any atom is -0.490 e. The van der Waals surface area contributed by atoms with Crippen LogP contribution in [0, 0.1) is 0 Å². The highest BCUT2D eigenvalue weighted by atomic mass is 35.5. The van der Waals surface area contributed by atoms with E-state index >= 15 is 0 Å². The van der Waals surface area contributed by atoms with E-state index in [4.69, 9.17) is 33.3 Å². The molecule has 5 rings (SSSR count). The van der Waals surface area contributed by atoms with E-state index in [-0.39, 0.29) is 5.91 Å². The Morgan fingerprint density at radius 2 is 1.72 bits per heavy atom. The topological polar surface area (TPSA) is 38.8 Å². The molecular weight excluding hydrogens is 510 g/mol. The molecule has 1 saturated heterocycles. The summed E-state index contributed by atoms with van der Waals surface area (Å²) in [5.41, 5.74) is 2.62. The number of ether oxygens (including phenoxy) is 2. The maximum atomic E-state index is 13.1. The predicted molar refractivity (Wildman–Crippen MR) is 153 cm³/mol. The summed E-state index contributed by atoms with van der Waals surface area (Å²) in [6.07, 6.45) is 1.83. The highest BCUT2D eigenvalue weighted by molar-refractivity contribution is 8.27. The number of anilines is 1. The van der Waals surface area contributed by atoms with Crippen LogP contribution in [0.4, 0.5) is 5.69 Å². The van der Waals surface area contributed by atoms with Crippen LogP contribution in [0.5, 0.6) is 11.5 Å². The summed E-state index contributed by atoms with van der Waals surface area (Å²) in [6.45, 7) is 2.84. The van der Waals surface area contributed by atoms with Gasteiger partial charge in [0.25, 0.3) is 5.91 Å². The molecule has 1 heterocycles. The Hall–Kier alpha value is -3.32. The Kier molecular flexibility index (Phi) is 7.28. The van der Waals surface area contributed by atoms with Gasteiger partial charge < -0.3 is 9.47 Å². The van der Waals surface area contributed by atoms with E-state index in [1.807, 2.05) is 49.4 Å². The number of hydrogen-bond donors (Lipinski definition) is 0. The normalized spacial score (nSPS) is 14.6. The molecule has 1 amide bonds. The van der Waals surface area contributed by atoms with Crippen molar-refractivity contribution in [1.82, 2.24) is 0 Å². The SMILES string of the molecule is CCOc1cc(/C=C2\SC(=S)N(c3ccc(Cl)cc3)C2=O)ccc1OCc1cccc2ccccc12. The lowest BCUT2D eigenvalue weighted by Gasteiger charge is -2.14. The van der Waals surface area contributed by atoms with Crippen LogP contribution in [-0.4, -0.2) is 16.8 Å². The van der Waals surface area contributed by atoms with Gasteiger partial charge in [0, 0.05) is 5.02 Å². The van der Waals surface area contributed by atoms with Gasteiger partial charge in [0.15, 0.2) is 15.8 Å². The van der Waals surface area contributed by atoms with Gasteiger partial charge in [-0.3, -0.25) is 9.69 Å². The number of hydrogen-bond acceptors (Lipinski definition) is 5. The van der Waals surface area contributed by atoms with Crippen LogP contribution >= 0.6 is 35.6 Å². The van der Waals surface area contributed by atoms with E-state index in [0.717, 1.165) is 16.5 Å². The standard InChI is InChI=1S/C29H22ClNO3S2/c1-2-33-26-16-19(17-27-28(32)31(29(35)36-27)23-13-11-22(30)12-14-23)10-15-25(26)34-18-21-8-5-7-20-6-3-4-9-24(20)21/h3-17H,2,18H2,1H3/b27-17-. The number of thioether (sulfide) groups is 1. The van der Waals surface area contributed by atoms with E-state index in [1.54, 1.807) is 24.3 Å². The molecule has 0 atom stereocenters. The maximum Gasteiger partial charge on any atom is 0.270 e. The number of carbonyl (C=O) groups excluding carboxylic acids is 1. The molecule has 4 aromatic carbocycles. The summed E-state index contributed by atoms with van der Waals surface area (Å²) < 4.78 is 12.5. The van der Waals surface area contributed by atoms with Gasteiger partial charge in [0.1, 0.15) is 6.61 Å². The maximum absolute atomic E-state index is 13.1. The van der Waals surface area contributed by atoms with Gasteiger partial charge in [-0.15, -0.1) is 0 Å². The van der Waals surface area contributed by atoms with Crippen LogP contribution in [0.3, 0.4) is 0 Å². The molecule has 1 fully saturated rings. The second-order valence-corrected chi connectivity index (χ2v) is 10.2. The Balaban J connectivity index is 1.37. The van der Waals surface area contributed by atoms with Crippen molar-refractivity contribution >= 4 is 68.3 Å². The van der Waals surface area contributed by atoms with Gasteiger partial charge in [-0.2, -0.15) is 0 Å². The molecule has 0 radical (unpaired) electrons. The molecule has 36 heavy (non-hydrogen) atoms. The Labute approximate surface area is 224 Å². The molecule has 1 aliphatic heterocycles.